The van der Waals surface area contributed by atoms with Gasteiger partial charge >= 0.3 is 0 Å². The fraction of sp³-hybridized carbons (Fsp3) is 0.429. The second-order valence-electron chi connectivity index (χ2n) is 7.75. The summed E-state index contributed by atoms with van der Waals surface area (Å²) in [6, 6.07) is 7.22. The van der Waals surface area contributed by atoms with Crippen molar-refractivity contribution in [3.63, 3.8) is 0 Å². The number of hydrogen-bond donors (Lipinski definition) is 3. The topological polar surface area (TPSA) is 87.0 Å². The van der Waals surface area contributed by atoms with Gasteiger partial charge in [0.05, 0.1) is 36.4 Å². The van der Waals surface area contributed by atoms with E-state index in [2.05, 4.69) is 20.6 Å². The fourth-order valence-corrected chi connectivity index (χ4v) is 4.23. The quantitative estimate of drug-likeness (QED) is 0.591. The van der Waals surface area contributed by atoms with Crippen molar-refractivity contribution in [2.45, 2.75) is 31.3 Å². The Morgan fingerprint density at radius 1 is 1.33 bits per heavy atom. The van der Waals surface area contributed by atoms with Crippen LogP contribution in [0.5, 0.6) is 5.75 Å². The summed E-state index contributed by atoms with van der Waals surface area (Å²) in [6.07, 6.45) is 3.90. The molecule has 0 bridgehead atoms. The Morgan fingerprint density at radius 2 is 2.23 bits per heavy atom. The summed E-state index contributed by atoms with van der Waals surface area (Å²) in [7, 11) is 1.62. The summed E-state index contributed by atoms with van der Waals surface area (Å²) in [6.45, 7) is 1.70. The highest BCUT2D eigenvalue weighted by Crippen LogP contribution is 2.35. The first kappa shape index (κ1) is 19.1. The lowest BCUT2D eigenvalue weighted by Gasteiger charge is -2.24. The van der Waals surface area contributed by atoms with Gasteiger partial charge in [0.1, 0.15) is 29.6 Å². The maximum absolute atomic E-state index is 13.9. The molecule has 2 saturated heterocycles. The molecule has 8 nitrogen and oxygen atoms in total. The molecule has 0 aromatic carbocycles. The van der Waals surface area contributed by atoms with E-state index in [-0.39, 0.29) is 6.04 Å². The van der Waals surface area contributed by atoms with Crippen molar-refractivity contribution in [3.8, 4) is 17.1 Å². The van der Waals surface area contributed by atoms with Gasteiger partial charge in [-0.05, 0) is 25.0 Å². The number of nitrogens with one attached hydrogen (secondary N) is 2. The van der Waals surface area contributed by atoms with Gasteiger partial charge in [0.25, 0.3) is 0 Å². The number of aromatic nitrogens is 3. The van der Waals surface area contributed by atoms with E-state index >= 15 is 0 Å². The molecule has 30 heavy (non-hydrogen) atoms. The van der Waals surface area contributed by atoms with Crippen LogP contribution in [0.2, 0.25) is 0 Å². The monoisotopic (exact) mass is 412 g/mol. The molecule has 3 aromatic heterocycles. The largest absolute Gasteiger partial charge is 0.494 e. The van der Waals surface area contributed by atoms with Crippen LogP contribution in [0.3, 0.4) is 0 Å². The Bertz CT molecular complexity index is 1060. The summed E-state index contributed by atoms with van der Waals surface area (Å²) in [5.41, 5.74) is 3.09. The molecule has 3 aromatic rings. The number of ether oxygens (including phenoxy) is 1. The summed E-state index contributed by atoms with van der Waals surface area (Å²) < 4.78 is 21.5. The second kappa shape index (κ2) is 7.73. The van der Waals surface area contributed by atoms with Crippen molar-refractivity contribution in [2.75, 3.05) is 37.0 Å². The van der Waals surface area contributed by atoms with Crippen LogP contribution >= 0.6 is 0 Å². The highest BCUT2D eigenvalue weighted by atomic mass is 19.1. The summed E-state index contributed by atoms with van der Waals surface area (Å²) in [5, 5.41) is 16.6. The Balaban J connectivity index is 1.52. The van der Waals surface area contributed by atoms with Gasteiger partial charge in [-0.2, -0.15) is 0 Å². The minimum Gasteiger partial charge on any atom is -0.494 e. The minimum atomic E-state index is -0.937. The van der Waals surface area contributed by atoms with Gasteiger partial charge in [-0.1, -0.05) is 6.07 Å². The molecule has 5 heterocycles. The van der Waals surface area contributed by atoms with Crippen LogP contribution in [0.15, 0.2) is 36.7 Å². The van der Waals surface area contributed by atoms with E-state index in [1.54, 1.807) is 13.3 Å². The molecule has 0 spiro atoms. The SMILES string of the molecule is COc1cc2ncc(-c3cccc(N[C@@H]4CNC[C@H]4F)n3)n2cc1N1CCCC1O. The number of methoxy groups -OCH3 is 1. The van der Waals surface area contributed by atoms with E-state index in [9.17, 15) is 9.50 Å². The first-order valence-corrected chi connectivity index (χ1v) is 10.2. The molecule has 0 amide bonds. The molecular formula is C21H25FN6O2. The lowest BCUT2D eigenvalue weighted by molar-refractivity contribution is 0.185. The molecule has 0 radical (unpaired) electrons. The number of aliphatic hydroxyl groups excluding tert-OH is 1. The molecule has 5 rings (SSSR count). The Labute approximate surface area is 173 Å². The number of pyridine rings is 2. The molecular weight excluding hydrogens is 387 g/mol. The minimum absolute atomic E-state index is 0.289. The van der Waals surface area contributed by atoms with E-state index in [1.807, 2.05) is 39.8 Å². The predicted octanol–water partition coefficient (Wildman–Crippen LogP) is 2.05. The van der Waals surface area contributed by atoms with Crippen molar-refractivity contribution in [1.29, 1.82) is 0 Å². The first-order chi connectivity index (χ1) is 14.6. The molecule has 0 saturated carbocycles. The Morgan fingerprint density at radius 3 is 2.97 bits per heavy atom. The number of nitrogens with zero attached hydrogens (tertiary/aromatic N) is 4. The highest BCUT2D eigenvalue weighted by molar-refractivity contribution is 5.69. The number of fused-ring (bicyclic) bond motifs is 1. The van der Waals surface area contributed by atoms with Crippen molar-refractivity contribution in [3.05, 3.63) is 36.7 Å². The first-order valence-electron chi connectivity index (χ1n) is 10.2. The van der Waals surface area contributed by atoms with Gasteiger partial charge in [0.15, 0.2) is 0 Å². The van der Waals surface area contributed by atoms with Crippen LogP contribution < -0.4 is 20.3 Å². The molecule has 9 heteroatoms. The van der Waals surface area contributed by atoms with Crippen molar-refractivity contribution in [1.82, 2.24) is 19.7 Å². The lowest BCUT2D eigenvalue weighted by atomic mass is 10.2. The zero-order valence-electron chi connectivity index (χ0n) is 16.8. The number of rotatable bonds is 5. The van der Waals surface area contributed by atoms with Crippen LogP contribution in [0.4, 0.5) is 15.9 Å². The zero-order valence-corrected chi connectivity index (χ0v) is 16.8. The molecule has 2 aliphatic heterocycles. The number of alkyl halides is 1. The van der Waals surface area contributed by atoms with Gasteiger partial charge < -0.3 is 25.4 Å². The third kappa shape index (κ3) is 3.33. The summed E-state index contributed by atoms with van der Waals surface area (Å²) in [4.78, 5) is 11.1. The third-order valence-corrected chi connectivity index (χ3v) is 5.82. The fourth-order valence-electron chi connectivity index (χ4n) is 4.23. The van der Waals surface area contributed by atoms with Crippen molar-refractivity contribution >= 4 is 17.2 Å². The van der Waals surface area contributed by atoms with E-state index in [0.29, 0.717) is 24.7 Å². The van der Waals surface area contributed by atoms with Gasteiger partial charge in [0.2, 0.25) is 0 Å². The van der Waals surface area contributed by atoms with Crippen LogP contribution in [0, 0.1) is 0 Å². The molecule has 0 aliphatic carbocycles. The molecule has 3 N–H and O–H groups in total. The summed E-state index contributed by atoms with van der Waals surface area (Å²) in [5.74, 6) is 1.30. The smallest absolute Gasteiger partial charge is 0.147 e. The van der Waals surface area contributed by atoms with Gasteiger partial charge in [0, 0.05) is 31.9 Å². The normalized spacial score (nSPS) is 24.0. The van der Waals surface area contributed by atoms with Crippen LogP contribution in [-0.4, -0.2) is 64.7 Å². The number of anilines is 2. The van der Waals surface area contributed by atoms with Crippen LogP contribution in [0.1, 0.15) is 12.8 Å². The standard InChI is InChI=1S/C21H25FN6O2/c1-30-18-8-20-24-11-16(28(20)12-17(18)27-7-3-6-21(27)29)14-4-2-5-19(25-14)26-15-10-23-9-13(15)22/h2,4-5,8,11-13,15,21,23,29H,3,6-7,9-10H2,1H3,(H,25,26)/t13-,15-,21?/m1/s1. The maximum Gasteiger partial charge on any atom is 0.147 e. The highest BCUT2D eigenvalue weighted by Gasteiger charge is 2.27. The van der Waals surface area contributed by atoms with Gasteiger partial charge in [-0.15, -0.1) is 0 Å². The average Bonchev–Trinajstić information content (AvgIpc) is 3.47. The molecule has 2 aliphatic rings. The average molecular weight is 412 g/mol. The van der Waals surface area contributed by atoms with E-state index in [1.165, 1.54) is 0 Å². The molecule has 158 valence electrons. The van der Waals surface area contributed by atoms with Crippen molar-refractivity contribution < 1.29 is 14.2 Å². The third-order valence-electron chi connectivity index (χ3n) is 5.82. The van der Waals surface area contributed by atoms with Crippen molar-refractivity contribution in [2.24, 2.45) is 0 Å². The maximum atomic E-state index is 13.9. The molecule has 1 unspecified atom stereocenters. The predicted molar refractivity (Wildman–Crippen MR) is 113 cm³/mol. The summed E-state index contributed by atoms with van der Waals surface area (Å²) >= 11 is 0. The lowest BCUT2D eigenvalue weighted by Crippen LogP contribution is -2.29. The van der Waals surface area contributed by atoms with Crippen LogP contribution in [-0.2, 0) is 0 Å². The second-order valence-corrected chi connectivity index (χ2v) is 7.75. The Hall–Kier alpha value is -2.91. The Kier molecular flexibility index (Phi) is 4.92. The molecule has 2 fully saturated rings. The zero-order chi connectivity index (χ0) is 20.7. The number of halogens is 1. The van der Waals surface area contributed by atoms with Crippen LogP contribution in [0.25, 0.3) is 17.0 Å². The number of hydrogen-bond acceptors (Lipinski definition) is 7. The van der Waals surface area contributed by atoms with Gasteiger partial charge in [-0.3, -0.25) is 4.40 Å². The van der Waals surface area contributed by atoms with E-state index < -0.39 is 12.4 Å². The van der Waals surface area contributed by atoms with E-state index in [4.69, 9.17) is 4.74 Å². The molecule has 3 atom stereocenters. The number of aliphatic hydroxyl groups is 1. The van der Waals surface area contributed by atoms with E-state index in [0.717, 1.165) is 42.1 Å². The number of imidazole rings is 1. The van der Waals surface area contributed by atoms with Gasteiger partial charge in [-0.25, -0.2) is 14.4 Å².